The number of Topliss-reactive ketones (excluding diaryl/α,β-unsaturated/α-hetero) is 1. The predicted octanol–water partition coefficient (Wildman–Crippen LogP) is 3.54. The van der Waals surface area contributed by atoms with Crippen LogP contribution in [0.5, 0.6) is 5.75 Å². The smallest absolute Gasteiger partial charge is 0.315 e. The van der Waals surface area contributed by atoms with Crippen molar-refractivity contribution in [3.8, 4) is 5.75 Å². The van der Waals surface area contributed by atoms with Crippen LogP contribution in [0.3, 0.4) is 0 Å². The third-order valence-electron chi connectivity index (χ3n) is 4.48. The van der Waals surface area contributed by atoms with Crippen molar-refractivity contribution in [3.05, 3.63) is 71.6 Å². The number of hydrogen-bond donors (Lipinski definition) is 0. The summed E-state index contributed by atoms with van der Waals surface area (Å²) in [4.78, 5) is 17.1. The number of benzene rings is 2. The summed E-state index contributed by atoms with van der Waals surface area (Å²) >= 11 is 0. The summed E-state index contributed by atoms with van der Waals surface area (Å²) in [5.74, 6) is -1.18. The third-order valence-corrected chi connectivity index (χ3v) is 4.48. The number of methoxy groups -OCH3 is 1. The quantitative estimate of drug-likeness (QED) is 0.792. The van der Waals surface area contributed by atoms with Crippen LogP contribution in [-0.2, 0) is 4.79 Å². The Morgan fingerprint density at radius 1 is 1.08 bits per heavy atom. The van der Waals surface area contributed by atoms with E-state index in [4.69, 9.17) is 4.74 Å². The van der Waals surface area contributed by atoms with Crippen LogP contribution in [0.15, 0.2) is 64.5 Å². The zero-order chi connectivity index (χ0) is 18.5. The van der Waals surface area contributed by atoms with Crippen LogP contribution in [-0.4, -0.2) is 24.4 Å². The molecule has 5 nitrogen and oxygen atoms in total. The van der Waals surface area contributed by atoms with E-state index >= 15 is 0 Å². The van der Waals surface area contributed by atoms with Gasteiger partial charge in [0.05, 0.1) is 13.3 Å². The molecular weight excluding hydrogens is 340 g/mol. The molecular formula is C19H14F2N3O2+. The van der Waals surface area contributed by atoms with E-state index in [0.717, 1.165) is 12.1 Å². The van der Waals surface area contributed by atoms with Crippen LogP contribution in [0.1, 0.15) is 12.5 Å². The predicted molar refractivity (Wildman–Crippen MR) is 93.9 cm³/mol. The maximum atomic E-state index is 14.5. The van der Waals surface area contributed by atoms with Crippen LogP contribution in [0.4, 0.5) is 14.5 Å². The van der Waals surface area contributed by atoms with Crippen molar-refractivity contribution in [1.29, 1.82) is 0 Å². The molecule has 0 fully saturated rings. The Hall–Kier alpha value is -3.19. The van der Waals surface area contributed by atoms with Crippen LogP contribution >= 0.6 is 0 Å². The summed E-state index contributed by atoms with van der Waals surface area (Å²) < 4.78 is 32.5. The normalized spacial score (nSPS) is 21.2. The molecule has 0 spiro atoms. The first-order chi connectivity index (χ1) is 12.5. The van der Waals surface area contributed by atoms with E-state index in [2.05, 4.69) is 10.1 Å². The first kappa shape index (κ1) is 16.3. The standard InChI is InChI=1S/C19H14F2N3O2/c1-11-10-22-19-18(25)17(12-3-6-14(26-2)7-4-12)23-24(11,19)16-8-5-13(20)9-15(16)21/h3-10H,1-2H3/q+1. The number of allylic oxidation sites excluding steroid dienone is 1. The molecule has 2 aliphatic rings. The number of ketones is 1. The van der Waals surface area contributed by atoms with Crippen LogP contribution in [0, 0.1) is 11.6 Å². The zero-order valence-electron chi connectivity index (χ0n) is 14.0. The lowest BCUT2D eigenvalue weighted by molar-refractivity contribution is -0.107. The van der Waals surface area contributed by atoms with E-state index in [1.165, 1.54) is 12.3 Å². The van der Waals surface area contributed by atoms with E-state index < -0.39 is 22.0 Å². The molecule has 0 saturated carbocycles. The molecule has 2 aliphatic heterocycles. The van der Waals surface area contributed by atoms with Crippen molar-refractivity contribution in [2.45, 2.75) is 6.92 Å². The molecule has 2 aromatic carbocycles. The maximum absolute atomic E-state index is 14.5. The number of ether oxygens (including phenoxy) is 1. The second kappa shape index (κ2) is 5.67. The summed E-state index contributed by atoms with van der Waals surface area (Å²) in [6.07, 6.45) is 1.48. The molecule has 1 atom stereocenters. The first-order valence-corrected chi connectivity index (χ1v) is 7.87. The Labute approximate surface area is 148 Å². The van der Waals surface area contributed by atoms with Crippen molar-refractivity contribution in [3.63, 3.8) is 0 Å². The van der Waals surface area contributed by atoms with Crippen molar-refractivity contribution in [1.82, 2.24) is 4.59 Å². The molecule has 0 saturated heterocycles. The fourth-order valence-corrected chi connectivity index (χ4v) is 3.16. The van der Waals surface area contributed by atoms with Gasteiger partial charge >= 0.3 is 5.84 Å². The van der Waals surface area contributed by atoms with Gasteiger partial charge in [0.25, 0.3) is 5.78 Å². The monoisotopic (exact) mass is 354 g/mol. The van der Waals surface area contributed by atoms with Crippen LogP contribution in [0.25, 0.3) is 0 Å². The highest BCUT2D eigenvalue weighted by Gasteiger charge is 2.56. The summed E-state index contributed by atoms with van der Waals surface area (Å²) in [5.41, 5.74) is 1.33. The summed E-state index contributed by atoms with van der Waals surface area (Å²) in [7, 11) is 1.55. The number of fused-ring (bicyclic) bond motifs is 1. The molecule has 4 rings (SSSR count). The van der Waals surface area contributed by atoms with Gasteiger partial charge in [-0.15, -0.1) is 0 Å². The number of nitrogens with zero attached hydrogens (tertiary/aromatic N) is 3. The first-order valence-electron chi connectivity index (χ1n) is 7.87. The van der Waals surface area contributed by atoms with Crippen LogP contribution < -0.4 is 9.33 Å². The molecule has 0 aromatic heterocycles. The molecule has 0 amide bonds. The Kier molecular flexibility index (Phi) is 3.55. The molecule has 7 heteroatoms. The molecule has 0 N–H and O–H groups in total. The number of hydrogen-bond acceptors (Lipinski definition) is 4. The second-order valence-corrected chi connectivity index (χ2v) is 5.96. The van der Waals surface area contributed by atoms with Crippen molar-refractivity contribution >= 4 is 23.0 Å². The molecule has 0 bridgehead atoms. The minimum Gasteiger partial charge on any atom is -0.497 e. The number of quaternary nitrogens is 1. The Morgan fingerprint density at radius 2 is 1.81 bits per heavy atom. The van der Waals surface area contributed by atoms with Crippen molar-refractivity contribution in [2.75, 3.05) is 7.11 Å². The molecule has 2 heterocycles. The topological polar surface area (TPSA) is 51.0 Å². The summed E-state index contributed by atoms with van der Waals surface area (Å²) in [5, 5.41) is 4.53. The number of carbonyl (C=O) groups excluding carboxylic acids is 1. The van der Waals surface area contributed by atoms with Crippen molar-refractivity contribution in [2.24, 2.45) is 10.1 Å². The molecule has 1 unspecified atom stereocenters. The van der Waals surface area contributed by atoms with Crippen molar-refractivity contribution < 1.29 is 18.3 Å². The molecule has 0 aliphatic carbocycles. The number of halogens is 2. The van der Waals surface area contributed by atoms with Gasteiger partial charge in [0.2, 0.25) is 5.69 Å². The van der Waals surface area contributed by atoms with Gasteiger partial charge in [-0.1, -0.05) is 9.69 Å². The average Bonchev–Trinajstić information content (AvgIpc) is 3.11. The highest BCUT2D eigenvalue weighted by Crippen LogP contribution is 2.40. The number of amidine groups is 1. The fourth-order valence-electron chi connectivity index (χ4n) is 3.16. The number of carbonyl (C=O) groups is 1. The van der Waals surface area contributed by atoms with Gasteiger partial charge in [0, 0.05) is 24.6 Å². The highest BCUT2D eigenvalue weighted by molar-refractivity contribution is 6.73. The molecule has 0 radical (unpaired) electrons. The molecule has 130 valence electrons. The SMILES string of the molecule is COc1ccc(C2=N[N+]3(c4ccc(F)cc4F)C(C)=CN=C3C2=O)cc1. The van der Waals surface area contributed by atoms with Gasteiger partial charge in [-0.05, 0) is 30.3 Å². The highest BCUT2D eigenvalue weighted by atomic mass is 19.1. The van der Waals surface area contributed by atoms with E-state index in [-0.39, 0.29) is 17.2 Å². The second-order valence-electron chi connectivity index (χ2n) is 5.96. The third kappa shape index (κ3) is 2.14. The zero-order valence-corrected chi connectivity index (χ0v) is 14.0. The fraction of sp³-hybridized carbons (Fsp3) is 0.105. The van der Waals surface area contributed by atoms with Gasteiger partial charge in [0.1, 0.15) is 11.6 Å². The van der Waals surface area contributed by atoms with Crippen LogP contribution in [0.2, 0.25) is 0 Å². The average molecular weight is 354 g/mol. The van der Waals surface area contributed by atoms with E-state index in [1.54, 1.807) is 38.3 Å². The maximum Gasteiger partial charge on any atom is 0.315 e. The van der Waals surface area contributed by atoms with Gasteiger partial charge in [-0.25, -0.2) is 8.78 Å². The van der Waals surface area contributed by atoms with Gasteiger partial charge in [-0.2, -0.15) is 4.99 Å². The Morgan fingerprint density at radius 3 is 2.46 bits per heavy atom. The number of aliphatic imine (C=N–C) groups is 1. The van der Waals surface area contributed by atoms with E-state index in [0.29, 0.717) is 17.0 Å². The number of rotatable bonds is 3. The summed E-state index contributed by atoms with van der Waals surface area (Å²) in [6.45, 7) is 1.70. The summed E-state index contributed by atoms with van der Waals surface area (Å²) in [6, 6.07) is 10.0. The molecule has 2 aromatic rings. The molecule has 26 heavy (non-hydrogen) atoms. The lowest BCUT2D eigenvalue weighted by Gasteiger charge is -2.23. The van der Waals surface area contributed by atoms with Gasteiger partial charge in [0.15, 0.2) is 17.2 Å². The largest absolute Gasteiger partial charge is 0.497 e. The van der Waals surface area contributed by atoms with Gasteiger partial charge in [-0.3, -0.25) is 4.79 Å². The van der Waals surface area contributed by atoms with E-state index in [9.17, 15) is 13.6 Å². The Bertz CT molecular complexity index is 1030. The Balaban J connectivity index is 1.91. The minimum atomic E-state index is -0.792. The lowest BCUT2D eigenvalue weighted by atomic mass is 10.1. The lowest BCUT2D eigenvalue weighted by Crippen LogP contribution is -2.45. The van der Waals surface area contributed by atoms with E-state index in [1.807, 2.05) is 0 Å². The van der Waals surface area contributed by atoms with Gasteiger partial charge < -0.3 is 4.74 Å². The minimum absolute atomic E-state index is 0.0493.